The summed E-state index contributed by atoms with van der Waals surface area (Å²) in [6.45, 7) is 6.97. The second kappa shape index (κ2) is 7.25. The van der Waals surface area contributed by atoms with Gasteiger partial charge < -0.3 is 15.0 Å². The highest BCUT2D eigenvalue weighted by Crippen LogP contribution is 2.11. The Balaban J connectivity index is 1.49. The van der Waals surface area contributed by atoms with E-state index in [2.05, 4.69) is 10.2 Å². The molecule has 2 saturated heterocycles. The van der Waals surface area contributed by atoms with Crippen molar-refractivity contribution in [2.75, 3.05) is 39.3 Å². The van der Waals surface area contributed by atoms with Gasteiger partial charge in [-0.15, -0.1) is 0 Å². The topological polar surface area (TPSA) is 24.5 Å². The number of hydrogen-bond acceptors (Lipinski definition) is 3. The predicted octanol–water partition coefficient (Wildman–Crippen LogP) is 1.63. The van der Waals surface area contributed by atoms with E-state index >= 15 is 0 Å². The number of nitrogens with zero attached hydrogens (tertiary/aromatic N) is 1. The smallest absolute Gasteiger partial charge is 0.0700 e. The molecule has 94 valence electrons. The monoisotopic (exact) mass is 226 g/mol. The van der Waals surface area contributed by atoms with Crippen molar-refractivity contribution in [2.24, 2.45) is 0 Å². The Kier molecular flexibility index (Phi) is 5.59. The minimum Gasteiger partial charge on any atom is -0.377 e. The standard InChI is InChI=1S/C13H26N2O/c1-2-4-9-15(8-3-1)10-7-14-12-13-6-5-11-16-13/h13-14H,1-12H2. The number of ether oxygens (including phenoxy) is 1. The lowest BCUT2D eigenvalue weighted by molar-refractivity contribution is 0.109. The lowest BCUT2D eigenvalue weighted by Gasteiger charge is -2.20. The zero-order valence-corrected chi connectivity index (χ0v) is 10.4. The SMILES string of the molecule is C1CCCN(CCNCC2CCCO2)CC1. The quantitative estimate of drug-likeness (QED) is 0.721. The van der Waals surface area contributed by atoms with Crippen molar-refractivity contribution in [3.63, 3.8) is 0 Å². The summed E-state index contributed by atoms with van der Waals surface area (Å²) in [4.78, 5) is 2.61. The van der Waals surface area contributed by atoms with Crippen molar-refractivity contribution in [3.05, 3.63) is 0 Å². The normalized spacial score (nSPS) is 28.1. The summed E-state index contributed by atoms with van der Waals surface area (Å²) >= 11 is 0. The third-order valence-electron chi connectivity index (χ3n) is 3.70. The number of hydrogen-bond donors (Lipinski definition) is 1. The molecular weight excluding hydrogens is 200 g/mol. The summed E-state index contributed by atoms with van der Waals surface area (Å²) < 4.78 is 5.59. The van der Waals surface area contributed by atoms with E-state index in [0.717, 1.165) is 19.7 Å². The van der Waals surface area contributed by atoms with Crippen LogP contribution in [-0.4, -0.2) is 50.3 Å². The molecule has 1 atom stereocenters. The van der Waals surface area contributed by atoms with Gasteiger partial charge in [-0.2, -0.15) is 0 Å². The summed E-state index contributed by atoms with van der Waals surface area (Å²) in [6, 6.07) is 0. The molecule has 2 heterocycles. The Morgan fingerprint density at radius 2 is 1.88 bits per heavy atom. The molecule has 2 fully saturated rings. The zero-order chi connectivity index (χ0) is 11.1. The first-order chi connectivity index (χ1) is 7.95. The van der Waals surface area contributed by atoms with Gasteiger partial charge in [-0.3, -0.25) is 0 Å². The van der Waals surface area contributed by atoms with Crippen LogP contribution in [0.4, 0.5) is 0 Å². The maximum absolute atomic E-state index is 5.59. The lowest BCUT2D eigenvalue weighted by Crippen LogP contribution is -2.35. The highest BCUT2D eigenvalue weighted by Gasteiger charge is 2.14. The Morgan fingerprint density at radius 1 is 1.06 bits per heavy atom. The minimum atomic E-state index is 0.490. The van der Waals surface area contributed by atoms with Gasteiger partial charge in [0.05, 0.1) is 6.10 Å². The van der Waals surface area contributed by atoms with E-state index in [1.807, 2.05) is 0 Å². The molecule has 3 heteroatoms. The summed E-state index contributed by atoms with van der Waals surface area (Å²) in [5, 5.41) is 3.53. The minimum absolute atomic E-state index is 0.490. The van der Waals surface area contributed by atoms with Crippen LogP contribution >= 0.6 is 0 Å². The van der Waals surface area contributed by atoms with Gasteiger partial charge in [0.2, 0.25) is 0 Å². The molecule has 1 N–H and O–H groups in total. The molecule has 0 saturated carbocycles. The van der Waals surface area contributed by atoms with Crippen molar-refractivity contribution in [3.8, 4) is 0 Å². The van der Waals surface area contributed by atoms with Gasteiger partial charge in [0.25, 0.3) is 0 Å². The highest BCUT2D eigenvalue weighted by molar-refractivity contribution is 4.69. The summed E-state index contributed by atoms with van der Waals surface area (Å²) in [5.41, 5.74) is 0. The third-order valence-corrected chi connectivity index (χ3v) is 3.70. The molecule has 2 aliphatic rings. The zero-order valence-electron chi connectivity index (χ0n) is 10.4. The van der Waals surface area contributed by atoms with E-state index in [4.69, 9.17) is 4.74 Å². The number of likely N-dealkylation sites (tertiary alicyclic amines) is 1. The predicted molar refractivity (Wildman–Crippen MR) is 66.8 cm³/mol. The van der Waals surface area contributed by atoms with Crippen LogP contribution in [0.5, 0.6) is 0 Å². The molecular formula is C13H26N2O. The molecule has 2 aliphatic heterocycles. The van der Waals surface area contributed by atoms with E-state index in [1.54, 1.807) is 0 Å². The van der Waals surface area contributed by atoms with E-state index in [1.165, 1.54) is 58.2 Å². The molecule has 0 bridgehead atoms. The Morgan fingerprint density at radius 3 is 2.56 bits per heavy atom. The first-order valence-corrected chi connectivity index (χ1v) is 7.00. The van der Waals surface area contributed by atoms with Crippen molar-refractivity contribution >= 4 is 0 Å². The van der Waals surface area contributed by atoms with Gasteiger partial charge in [0.1, 0.15) is 0 Å². The molecule has 1 unspecified atom stereocenters. The van der Waals surface area contributed by atoms with Crippen molar-refractivity contribution in [1.82, 2.24) is 10.2 Å². The highest BCUT2D eigenvalue weighted by atomic mass is 16.5. The molecule has 0 amide bonds. The first kappa shape index (κ1) is 12.3. The molecule has 0 aromatic carbocycles. The van der Waals surface area contributed by atoms with Crippen LogP contribution in [0.3, 0.4) is 0 Å². The fourth-order valence-electron chi connectivity index (χ4n) is 2.67. The number of nitrogens with one attached hydrogen (secondary N) is 1. The van der Waals surface area contributed by atoms with Crippen LogP contribution in [0.15, 0.2) is 0 Å². The largest absolute Gasteiger partial charge is 0.377 e. The van der Waals surface area contributed by atoms with E-state index in [-0.39, 0.29) is 0 Å². The molecule has 0 spiro atoms. The van der Waals surface area contributed by atoms with Gasteiger partial charge in [-0.05, 0) is 38.8 Å². The lowest BCUT2D eigenvalue weighted by atomic mass is 10.2. The van der Waals surface area contributed by atoms with Crippen LogP contribution in [0.2, 0.25) is 0 Å². The third kappa shape index (κ3) is 4.40. The Bertz CT molecular complexity index is 173. The van der Waals surface area contributed by atoms with Gasteiger partial charge in [-0.25, -0.2) is 0 Å². The van der Waals surface area contributed by atoms with Crippen LogP contribution < -0.4 is 5.32 Å². The van der Waals surface area contributed by atoms with Gasteiger partial charge in [-0.1, -0.05) is 12.8 Å². The molecule has 16 heavy (non-hydrogen) atoms. The average molecular weight is 226 g/mol. The maximum atomic E-state index is 5.59. The van der Waals surface area contributed by atoms with Crippen LogP contribution in [-0.2, 0) is 4.74 Å². The van der Waals surface area contributed by atoms with E-state index in [0.29, 0.717) is 6.10 Å². The second-order valence-corrected chi connectivity index (χ2v) is 5.10. The molecule has 0 aromatic heterocycles. The molecule has 2 rings (SSSR count). The van der Waals surface area contributed by atoms with E-state index in [9.17, 15) is 0 Å². The number of rotatable bonds is 5. The summed E-state index contributed by atoms with van der Waals surface area (Å²) in [7, 11) is 0. The van der Waals surface area contributed by atoms with Crippen LogP contribution in [0.1, 0.15) is 38.5 Å². The summed E-state index contributed by atoms with van der Waals surface area (Å²) in [6.07, 6.45) is 8.64. The van der Waals surface area contributed by atoms with Gasteiger partial charge in [0.15, 0.2) is 0 Å². The fourth-order valence-corrected chi connectivity index (χ4v) is 2.67. The van der Waals surface area contributed by atoms with Crippen molar-refractivity contribution < 1.29 is 4.74 Å². The van der Waals surface area contributed by atoms with Crippen molar-refractivity contribution in [2.45, 2.75) is 44.6 Å². The molecule has 0 aromatic rings. The molecule has 0 aliphatic carbocycles. The Labute approximate surface area is 99.5 Å². The van der Waals surface area contributed by atoms with E-state index < -0.39 is 0 Å². The average Bonchev–Trinajstić information content (AvgIpc) is 2.68. The second-order valence-electron chi connectivity index (χ2n) is 5.10. The molecule has 3 nitrogen and oxygen atoms in total. The van der Waals surface area contributed by atoms with Crippen molar-refractivity contribution in [1.29, 1.82) is 0 Å². The fraction of sp³-hybridized carbons (Fsp3) is 1.00. The molecule has 0 radical (unpaired) electrons. The van der Waals surface area contributed by atoms with Crippen LogP contribution in [0, 0.1) is 0 Å². The maximum Gasteiger partial charge on any atom is 0.0700 e. The van der Waals surface area contributed by atoms with Crippen LogP contribution in [0.25, 0.3) is 0 Å². The Hall–Kier alpha value is -0.120. The summed E-state index contributed by atoms with van der Waals surface area (Å²) in [5.74, 6) is 0. The first-order valence-electron chi connectivity index (χ1n) is 7.00. The van der Waals surface area contributed by atoms with Gasteiger partial charge >= 0.3 is 0 Å². The van der Waals surface area contributed by atoms with Gasteiger partial charge in [0, 0.05) is 26.2 Å².